The molecule has 21 heavy (non-hydrogen) atoms. The molecular weight excluding hydrogens is 319 g/mol. The van der Waals surface area contributed by atoms with E-state index in [4.69, 9.17) is 11.6 Å². The molecule has 1 aliphatic rings. The summed E-state index contributed by atoms with van der Waals surface area (Å²) in [5, 5.41) is 3.79. The Morgan fingerprint density at radius 1 is 1.43 bits per heavy atom. The number of fused-ring (bicyclic) bond motifs is 1. The van der Waals surface area contributed by atoms with Gasteiger partial charge in [-0.1, -0.05) is 17.7 Å². The average Bonchev–Trinajstić information content (AvgIpc) is 2.91. The Morgan fingerprint density at radius 2 is 2.24 bits per heavy atom. The molecule has 2 aromatic rings. The molecule has 1 aliphatic heterocycles. The lowest BCUT2D eigenvalue weighted by Gasteiger charge is -2.23. The summed E-state index contributed by atoms with van der Waals surface area (Å²) in [6.07, 6.45) is 2.73. The van der Waals surface area contributed by atoms with Gasteiger partial charge in [0.05, 0.1) is 11.1 Å². The molecule has 0 saturated carbocycles. The van der Waals surface area contributed by atoms with Crippen molar-refractivity contribution in [3.05, 3.63) is 41.2 Å². The summed E-state index contributed by atoms with van der Waals surface area (Å²) in [7, 11) is -4.02. The maximum Gasteiger partial charge on any atom is 0.244 e. The van der Waals surface area contributed by atoms with Gasteiger partial charge in [0.1, 0.15) is 17.0 Å². The van der Waals surface area contributed by atoms with E-state index in [1.165, 1.54) is 24.5 Å². The van der Waals surface area contributed by atoms with Crippen molar-refractivity contribution in [2.24, 2.45) is 0 Å². The summed E-state index contributed by atoms with van der Waals surface area (Å²) in [4.78, 5) is 3.60. The molecule has 1 N–H and O–H groups in total. The first kappa shape index (κ1) is 14.4. The molecule has 1 aromatic carbocycles. The van der Waals surface area contributed by atoms with Crippen LogP contribution in [0.4, 0.5) is 4.39 Å². The first-order valence-electron chi connectivity index (χ1n) is 6.33. The second kappa shape index (κ2) is 5.36. The van der Waals surface area contributed by atoms with E-state index in [0.717, 1.165) is 6.42 Å². The zero-order valence-electron chi connectivity index (χ0n) is 10.8. The molecule has 0 saturated heterocycles. The molecule has 3 rings (SSSR count). The van der Waals surface area contributed by atoms with Crippen LogP contribution >= 0.6 is 11.6 Å². The van der Waals surface area contributed by atoms with Crippen LogP contribution in [0.1, 0.15) is 24.7 Å². The third-order valence-electron chi connectivity index (χ3n) is 3.32. The Morgan fingerprint density at radius 3 is 3.05 bits per heavy atom. The number of aromatic nitrogens is 3. The number of hydrogen-bond acceptors (Lipinski definition) is 4. The zero-order valence-corrected chi connectivity index (χ0v) is 12.4. The molecule has 1 aromatic heterocycles. The van der Waals surface area contributed by atoms with E-state index in [1.807, 2.05) is 0 Å². The number of aryl methyl sites for hydroxylation is 1. The van der Waals surface area contributed by atoms with Crippen LogP contribution in [0, 0.1) is 5.82 Å². The van der Waals surface area contributed by atoms with Crippen molar-refractivity contribution in [1.82, 2.24) is 19.5 Å². The highest BCUT2D eigenvalue weighted by molar-refractivity contribution is 7.89. The van der Waals surface area contributed by atoms with Crippen molar-refractivity contribution in [2.45, 2.75) is 30.3 Å². The fraction of sp³-hybridized carbons (Fsp3) is 0.333. The van der Waals surface area contributed by atoms with Crippen LogP contribution < -0.4 is 4.72 Å². The molecule has 2 heterocycles. The summed E-state index contributed by atoms with van der Waals surface area (Å²) >= 11 is 5.63. The van der Waals surface area contributed by atoms with Crippen LogP contribution in [0.3, 0.4) is 0 Å². The summed E-state index contributed by atoms with van der Waals surface area (Å²) in [5.74, 6) is -0.420. The quantitative estimate of drug-likeness (QED) is 0.932. The van der Waals surface area contributed by atoms with Gasteiger partial charge in [-0.05, 0) is 25.0 Å². The summed E-state index contributed by atoms with van der Waals surface area (Å²) in [5.41, 5.74) is 0. The van der Waals surface area contributed by atoms with Crippen molar-refractivity contribution in [1.29, 1.82) is 0 Å². The minimum Gasteiger partial charge on any atom is -0.248 e. The standard InChI is InChI=1S/C12H12ClFN4O2S/c13-8-3-1-5-10(11(8)14)21(19,20)17-9-4-2-6-18-12(9)15-7-16-18/h1,3,5,7,9,17H,2,4,6H2/t9-/m0/s1. The highest BCUT2D eigenvalue weighted by atomic mass is 35.5. The minimum atomic E-state index is -4.02. The van der Waals surface area contributed by atoms with E-state index < -0.39 is 26.8 Å². The second-order valence-corrected chi connectivity index (χ2v) is 6.80. The van der Waals surface area contributed by atoms with Crippen LogP contribution in [0.25, 0.3) is 0 Å². The molecule has 0 unspecified atom stereocenters. The molecule has 112 valence electrons. The first-order valence-corrected chi connectivity index (χ1v) is 8.19. The van der Waals surface area contributed by atoms with Crippen molar-refractivity contribution in [2.75, 3.05) is 0 Å². The van der Waals surface area contributed by atoms with Crippen molar-refractivity contribution in [3.8, 4) is 0 Å². The highest BCUT2D eigenvalue weighted by Gasteiger charge is 2.29. The molecule has 0 bridgehead atoms. The number of nitrogens with zero attached hydrogens (tertiary/aromatic N) is 3. The van der Waals surface area contributed by atoms with Gasteiger partial charge >= 0.3 is 0 Å². The predicted octanol–water partition coefficient (Wildman–Crippen LogP) is 1.88. The Bertz CT molecular complexity index is 777. The number of sulfonamides is 1. The molecular formula is C12H12ClFN4O2S. The Kier molecular flexibility index (Phi) is 3.68. The van der Waals surface area contributed by atoms with Gasteiger partial charge in [0, 0.05) is 6.54 Å². The van der Waals surface area contributed by atoms with Crippen molar-refractivity contribution >= 4 is 21.6 Å². The third-order valence-corrected chi connectivity index (χ3v) is 5.10. The number of rotatable bonds is 3. The topological polar surface area (TPSA) is 76.9 Å². The van der Waals surface area contributed by atoms with Crippen LogP contribution in [0.2, 0.25) is 5.02 Å². The first-order chi connectivity index (χ1) is 9.99. The van der Waals surface area contributed by atoms with E-state index in [-0.39, 0.29) is 5.02 Å². The maximum atomic E-state index is 13.9. The number of hydrogen-bond donors (Lipinski definition) is 1. The van der Waals surface area contributed by atoms with Crippen LogP contribution in [-0.4, -0.2) is 23.2 Å². The molecule has 1 atom stereocenters. The molecule has 0 spiro atoms. The summed E-state index contributed by atoms with van der Waals surface area (Å²) in [6, 6.07) is 3.35. The zero-order chi connectivity index (χ0) is 15.0. The van der Waals surface area contributed by atoms with Crippen molar-refractivity contribution < 1.29 is 12.8 Å². The van der Waals surface area contributed by atoms with Gasteiger partial charge in [-0.25, -0.2) is 27.2 Å². The van der Waals surface area contributed by atoms with Gasteiger partial charge < -0.3 is 0 Å². The fourth-order valence-corrected chi connectivity index (χ4v) is 3.90. The normalized spacial score (nSPS) is 18.5. The highest BCUT2D eigenvalue weighted by Crippen LogP contribution is 2.27. The molecule has 0 aliphatic carbocycles. The van der Waals surface area contributed by atoms with Crippen LogP contribution in [-0.2, 0) is 16.6 Å². The van der Waals surface area contributed by atoms with Gasteiger partial charge in [0.15, 0.2) is 5.82 Å². The molecule has 0 fully saturated rings. The molecule has 6 nitrogen and oxygen atoms in total. The molecule has 0 radical (unpaired) electrons. The maximum absolute atomic E-state index is 13.9. The Hall–Kier alpha value is -1.51. The second-order valence-electron chi connectivity index (χ2n) is 4.71. The van der Waals surface area contributed by atoms with Gasteiger partial charge in [0.2, 0.25) is 10.0 Å². The fourth-order valence-electron chi connectivity index (χ4n) is 2.34. The number of benzene rings is 1. The van der Waals surface area contributed by atoms with E-state index in [2.05, 4.69) is 14.8 Å². The van der Waals surface area contributed by atoms with Gasteiger partial charge in [-0.15, -0.1) is 0 Å². The van der Waals surface area contributed by atoms with Crippen molar-refractivity contribution in [3.63, 3.8) is 0 Å². The largest absolute Gasteiger partial charge is 0.248 e. The van der Waals surface area contributed by atoms with Crippen LogP contribution in [0.5, 0.6) is 0 Å². The molecule has 0 amide bonds. The van der Waals surface area contributed by atoms with Gasteiger partial charge in [-0.2, -0.15) is 5.10 Å². The third kappa shape index (κ3) is 2.66. The lowest BCUT2D eigenvalue weighted by atomic mass is 10.1. The van der Waals surface area contributed by atoms with Gasteiger partial charge in [0.25, 0.3) is 0 Å². The number of halogens is 2. The summed E-state index contributed by atoms with van der Waals surface area (Å²) in [6.45, 7) is 0.694. The Labute approximate surface area is 126 Å². The molecule has 9 heteroatoms. The monoisotopic (exact) mass is 330 g/mol. The lowest BCUT2D eigenvalue weighted by Crippen LogP contribution is -2.33. The minimum absolute atomic E-state index is 0.232. The SMILES string of the molecule is O=S(=O)(N[C@H]1CCCn2ncnc21)c1cccc(Cl)c1F. The Balaban J connectivity index is 1.93. The van der Waals surface area contributed by atoms with E-state index >= 15 is 0 Å². The van der Waals surface area contributed by atoms with E-state index in [1.54, 1.807) is 4.68 Å². The smallest absolute Gasteiger partial charge is 0.244 e. The van der Waals surface area contributed by atoms with E-state index in [9.17, 15) is 12.8 Å². The predicted molar refractivity (Wildman–Crippen MR) is 73.7 cm³/mol. The van der Waals surface area contributed by atoms with E-state index in [0.29, 0.717) is 18.8 Å². The van der Waals surface area contributed by atoms with Crippen LogP contribution in [0.15, 0.2) is 29.4 Å². The number of nitrogens with one attached hydrogen (secondary N) is 1. The van der Waals surface area contributed by atoms with Gasteiger partial charge in [-0.3, -0.25) is 0 Å². The average molecular weight is 331 g/mol. The summed E-state index contributed by atoms with van der Waals surface area (Å²) < 4.78 is 42.7. The lowest BCUT2D eigenvalue weighted by molar-refractivity contribution is 0.399.